The molecule has 8 nitrogen and oxygen atoms in total. The van der Waals surface area contributed by atoms with E-state index in [0.717, 1.165) is 3.97 Å². The molecule has 2 aromatic carbocycles. The van der Waals surface area contributed by atoms with Crippen LogP contribution in [-0.2, 0) is 14.8 Å². The molecule has 0 unspecified atom stereocenters. The van der Waals surface area contributed by atoms with Gasteiger partial charge in [0.1, 0.15) is 12.1 Å². The number of ether oxygens (including phenoxy) is 1. The first-order chi connectivity index (χ1) is 15.1. The van der Waals surface area contributed by atoms with Gasteiger partial charge in [-0.25, -0.2) is 17.4 Å². The second-order valence-corrected chi connectivity index (χ2v) is 11.2. The van der Waals surface area contributed by atoms with Gasteiger partial charge < -0.3 is 14.5 Å². The number of hydrogen-bond acceptors (Lipinski definition) is 6. The van der Waals surface area contributed by atoms with Gasteiger partial charge in [0.05, 0.1) is 28.7 Å². The Morgan fingerprint density at radius 2 is 1.75 bits per heavy atom. The molecule has 1 aliphatic rings. The van der Waals surface area contributed by atoms with Crippen molar-refractivity contribution in [3.8, 4) is 5.75 Å². The number of carbonyl (C=O) groups is 1. The van der Waals surface area contributed by atoms with Crippen LogP contribution in [0.3, 0.4) is 0 Å². The van der Waals surface area contributed by atoms with Gasteiger partial charge in [-0.1, -0.05) is 46.9 Å². The average Bonchev–Trinajstić information content (AvgIpc) is 3.22. The first-order valence-corrected chi connectivity index (χ1v) is 12.2. The van der Waals surface area contributed by atoms with Crippen molar-refractivity contribution in [3.63, 3.8) is 0 Å². The zero-order valence-electron chi connectivity index (χ0n) is 16.9. The molecule has 170 valence electrons. The second kappa shape index (κ2) is 8.62. The number of anilines is 1. The van der Waals surface area contributed by atoms with E-state index in [9.17, 15) is 13.2 Å². The van der Waals surface area contributed by atoms with Crippen LogP contribution in [0.5, 0.6) is 5.75 Å². The minimum absolute atomic E-state index is 0.0938. The Hall–Kier alpha value is -2.20. The SMILES string of the molecule is COc1ccc(S(=O)(=O)n2cnc3ccccc32)cc1N1CCN(C(=O)C(Cl)(Cl)Cl)CC1. The Bertz CT molecular complexity index is 1270. The van der Waals surface area contributed by atoms with Gasteiger partial charge in [-0.15, -0.1) is 0 Å². The van der Waals surface area contributed by atoms with Gasteiger partial charge >= 0.3 is 0 Å². The molecule has 1 saturated heterocycles. The van der Waals surface area contributed by atoms with Crippen molar-refractivity contribution < 1.29 is 17.9 Å². The number of fused-ring (bicyclic) bond motifs is 1. The fourth-order valence-corrected chi connectivity index (χ4v) is 5.32. The van der Waals surface area contributed by atoms with Crippen LogP contribution in [0.2, 0.25) is 0 Å². The standard InChI is InChI=1S/C20H19Cl3N4O4S/c1-31-18-7-6-14(32(29,30)27-13-24-15-4-2-3-5-16(15)27)12-17(18)25-8-10-26(11-9-25)19(28)20(21,22)23/h2-7,12-13H,8-11H2,1H3. The summed E-state index contributed by atoms with van der Waals surface area (Å²) in [6.07, 6.45) is 1.30. The molecule has 2 heterocycles. The molecular formula is C20H19Cl3N4O4S. The molecule has 0 spiro atoms. The maximum Gasteiger partial charge on any atom is 0.274 e. The van der Waals surface area contributed by atoms with Crippen molar-refractivity contribution in [1.82, 2.24) is 13.9 Å². The maximum absolute atomic E-state index is 13.4. The van der Waals surface area contributed by atoms with Gasteiger partial charge in [-0.2, -0.15) is 0 Å². The number of methoxy groups -OCH3 is 1. The number of amides is 1. The number of aromatic nitrogens is 2. The first kappa shape index (κ1) is 23.0. The molecular weight excluding hydrogens is 499 g/mol. The van der Waals surface area contributed by atoms with E-state index in [1.807, 2.05) is 4.90 Å². The summed E-state index contributed by atoms with van der Waals surface area (Å²) in [5.74, 6) is -0.0713. The highest BCUT2D eigenvalue weighted by Crippen LogP contribution is 2.34. The Morgan fingerprint density at radius 1 is 1.06 bits per heavy atom. The molecule has 0 aliphatic carbocycles. The summed E-state index contributed by atoms with van der Waals surface area (Å²) in [6, 6.07) is 11.7. The average molecular weight is 518 g/mol. The topological polar surface area (TPSA) is 84.7 Å². The predicted octanol–water partition coefficient (Wildman–Crippen LogP) is 3.30. The molecule has 1 aromatic heterocycles. The Labute approximate surface area is 200 Å². The molecule has 32 heavy (non-hydrogen) atoms. The van der Waals surface area contributed by atoms with Gasteiger partial charge in [0, 0.05) is 26.2 Å². The number of benzene rings is 2. The number of imidazole rings is 1. The van der Waals surface area contributed by atoms with E-state index in [4.69, 9.17) is 39.5 Å². The van der Waals surface area contributed by atoms with E-state index >= 15 is 0 Å². The number of halogens is 3. The summed E-state index contributed by atoms with van der Waals surface area (Å²) in [7, 11) is -2.38. The van der Waals surface area contributed by atoms with Crippen molar-refractivity contribution in [2.24, 2.45) is 0 Å². The van der Waals surface area contributed by atoms with Crippen LogP contribution < -0.4 is 9.64 Å². The summed E-state index contributed by atoms with van der Waals surface area (Å²) in [5, 5.41) is 0. The molecule has 0 saturated carbocycles. The van der Waals surface area contributed by atoms with Crippen LogP contribution in [0.1, 0.15) is 0 Å². The van der Waals surface area contributed by atoms with Gasteiger partial charge in [-0.05, 0) is 30.3 Å². The fourth-order valence-electron chi connectivity index (χ4n) is 3.65. The van der Waals surface area contributed by atoms with E-state index in [-0.39, 0.29) is 4.90 Å². The predicted molar refractivity (Wildman–Crippen MR) is 124 cm³/mol. The lowest BCUT2D eigenvalue weighted by molar-refractivity contribution is -0.130. The van der Waals surface area contributed by atoms with Crippen LogP contribution in [-0.4, -0.2) is 65.3 Å². The van der Waals surface area contributed by atoms with Crippen molar-refractivity contribution in [1.29, 1.82) is 0 Å². The van der Waals surface area contributed by atoms with E-state index in [1.165, 1.54) is 24.4 Å². The van der Waals surface area contributed by atoms with E-state index in [1.54, 1.807) is 36.4 Å². The quantitative estimate of drug-likeness (QED) is 0.494. The molecule has 3 aromatic rings. The Morgan fingerprint density at radius 3 is 2.41 bits per heavy atom. The summed E-state index contributed by atoms with van der Waals surface area (Å²) in [4.78, 5) is 19.9. The van der Waals surface area contributed by atoms with Gasteiger partial charge in [0.15, 0.2) is 0 Å². The largest absolute Gasteiger partial charge is 0.495 e. The number of carbonyl (C=O) groups excluding carboxylic acids is 1. The van der Waals surface area contributed by atoms with E-state index in [2.05, 4.69) is 4.98 Å². The number of hydrogen-bond donors (Lipinski definition) is 0. The lowest BCUT2D eigenvalue weighted by Crippen LogP contribution is -2.51. The molecule has 1 aliphatic heterocycles. The van der Waals surface area contributed by atoms with Gasteiger partial charge in [0.2, 0.25) is 0 Å². The molecule has 4 rings (SSSR count). The summed E-state index contributed by atoms with van der Waals surface area (Å²) in [5.41, 5.74) is 1.67. The number of piperazine rings is 1. The Kier molecular flexibility index (Phi) is 6.19. The third-order valence-electron chi connectivity index (χ3n) is 5.28. The molecule has 0 N–H and O–H groups in total. The summed E-state index contributed by atoms with van der Waals surface area (Å²) in [6.45, 7) is 1.47. The van der Waals surface area contributed by atoms with Crippen LogP contribution >= 0.6 is 34.8 Å². The van der Waals surface area contributed by atoms with Crippen molar-refractivity contribution >= 4 is 67.5 Å². The van der Waals surface area contributed by atoms with Crippen LogP contribution in [0.4, 0.5) is 5.69 Å². The maximum atomic E-state index is 13.4. The summed E-state index contributed by atoms with van der Waals surface area (Å²) >= 11 is 17.1. The second-order valence-electron chi connectivity index (χ2n) is 7.14. The van der Waals surface area contributed by atoms with E-state index in [0.29, 0.717) is 48.6 Å². The molecule has 0 radical (unpaired) electrons. The monoisotopic (exact) mass is 516 g/mol. The molecule has 1 amide bonds. The Balaban J connectivity index is 1.65. The lowest BCUT2D eigenvalue weighted by Gasteiger charge is -2.37. The number of nitrogens with zero attached hydrogens (tertiary/aromatic N) is 4. The van der Waals surface area contributed by atoms with Crippen molar-refractivity contribution in [3.05, 3.63) is 48.8 Å². The normalized spacial score (nSPS) is 15.2. The molecule has 0 bridgehead atoms. The van der Waals surface area contributed by atoms with Crippen LogP contribution in [0.25, 0.3) is 11.0 Å². The lowest BCUT2D eigenvalue weighted by atomic mass is 10.2. The third kappa shape index (κ3) is 4.22. The number of rotatable bonds is 4. The zero-order chi connectivity index (χ0) is 23.1. The molecule has 12 heteroatoms. The number of para-hydroxylation sites is 2. The van der Waals surface area contributed by atoms with Gasteiger partial charge in [0.25, 0.3) is 19.7 Å². The smallest absolute Gasteiger partial charge is 0.274 e. The highest BCUT2D eigenvalue weighted by atomic mass is 35.6. The third-order valence-corrected chi connectivity index (χ3v) is 7.42. The first-order valence-electron chi connectivity index (χ1n) is 9.59. The highest BCUT2D eigenvalue weighted by molar-refractivity contribution is 7.90. The minimum atomic E-state index is -3.90. The minimum Gasteiger partial charge on any atom is -0.495 e. The van der Waals surface area contributed by atoms with Crippen molar-refractivity contribution in [2.45, 2.75) is 8.69 Å². The highest BCUT2D eigenvalue weighted by Gasteiger charge is 2.37. The van der Waals surface area contributed by atoms with Crippen LogP contribution in [0.15, 0.2) is 53.7 Å². The fraction of sp³-hybridized carbons (Fsp3) is 0.300. The van der Waals surface area contributed by atoms with E-state index < -0.39 is 19.7 Å². The molecule has 1 fully saturated rings. The summed E-state index contributed by atoms with van der Waals surface area (Å²) < 4.78 is 31.3. The molecule has 0 atom stereocenters. The van der Waals surface area contributed by atoms with Gasteiger partial charge in [-0.3, -0.25) is 4.79 Å². The van der Waals surface area contributed by atoms with Crippen molar-refractivity contribution in [2.75, 3.05) is 38.2 Å². The zero-order valence-corrected chi connectivity index (χ0v) is 20.0. The van der Waals surface area contributed by atoms with Crippen LogP contribution in [0, 0.1) is 0 Å². The number of alkyl halides is 3.